The minimum absolute atomic E-state index is 0.0392. The first-order valence-electron chi connectivity index (χ1n) is 11.9. The first-order valence-corrected chi connectivity index (χ1v) is 12.8. The Balaban J connectivity index is 1.53. The number of hydrogen-bond donors (Lipinski definition) is 3. The molecule has 186 valence electrons. The number of H-pyrrole nitrogens is 1. The smallest absolute Gasteiger partial charge is 0.341 e. The number of carboxylic acid groups (broad SMARTS) is 1. The van der Waals surface area contributed by atoms with E-state index in [-0.39, 0.29) is 17.3 Å². The van der Waals surface area contributed by atoms with E-state index in [9.17, 15) is 19.5 Å². The number of aliphatic carboxylic acids is 1. The Hall–Kier alpha value is -4.37. The SMILES string of the molecule is O=C(O)COc1ccccc1[C@@H]1C2=C(C[C@@H](c3cccs3)CC2=O)Nc2[nH]n(-c3ccccc3)c(=O)c21. The van der Waals surface area contributed by atoms with Gasteiger partial charge in [-0.15, -0.1) is 11.3 Å². The molecule has 0 saturated carbocycles. The molecule has 2 atom stereocenters. The molecule has 3 N–H and O–H groups in total. The molecule has 0 radical (unpaired) electrons. The third-order valence-corrected chi connectivity index (χ3v) is 7.86. The van der Waals surface area contributed by atoms with E-state index in [1.807, 2.05) is 47.8 Å². The van der Waals surface area contributed by atoms with Gasteiger partial charge in [0.1, 0.15) is 11.6 Å². The zero-order valence-electron chi connectivity index (χ0n) is 19.6. The van der Waals surface area contributed by atoms with Crippen LogP contribution in [0.2, 0.25) is 0 Å². The molecular formula is C28H23N3O5S. The number of aromatic nitrogens is 2. The van der Waals surface area contributed by atoms with Crippen LogP contribution in [0.3, 0.4) is 0 Å². The molecule has 3 heterocycles. The van der Waals surface area contributed by atoms with Gasteiger partial charge in [0.05, 0.1) is 17.2 Å². The highest BCUT2D eigenvalue weighted by Crippen LogP contribution is 2.48. The zero-order chi connectivity index (χ0) is 25.5. The van der Waals surface area contributed by atoms with E-state index in [0.29, 0.717) is 46.8 Å². The van der Waals surface area contributed by atoms with Gasteiger partial charge >= 0.3 is 5.97 Å². The van der Waals surface area contributed by atoms with E-state index in [1.54, 1.807) is 35.6 Å². The first kappa shape index (κ1) is 23.1. The summed E-state index contributed by atoms with van der Waals surface area (Å²) in [6.45, 7) is -0.531. The van der Waals surface area contributed by atoms with Crippen molar-refractivity contribution in [1.29, 1.82) is 0 Å². The molecule has 2 aliphatic rings. The molecule has 2 aromatic heterocycles. The summed E-state index contributed by atoms with van der Waals surface area (Å²) in [5, 5.41) is 17.8. The van der Waals surface area contributed by atoms with Gasteiger partial charge in [-0.05, 0) is 36.1 Å². The van der Waals surface area contributed by atoms with Crippen LogP contribution < -0.4 is 15.6 Å². The van der Waals surface area contributed by atoms with Gasteiger partial charge in [-0.2, -0.15) is 0 Å². The summed E-state index contributed by atoms with van der Waals surface area (Å²) in [6.07, 6.45) is 0.955. The number of ketones is 1. The van der Waals surface area contributed by atoms with Crippen LogP contribution in [0.25, 0.3) is 5.69 Å². The fraction of sp³-hybridized carbons (Fsp3) is 0.179. The standard InChI is InChI=1S/C28H23N3O5S/c32-20-14-16(22-11-6-12-37-22)13-19-25(20)24(18-9-4-5-10-21(18)36-15-23(33)34)26-27(29-19)30-31(28(26)35)17-7-2-1-3-8-17/h1-12,16,24,29-30H,13-15H2,(H,33,34)/t16-,24-/m1/s1. The number of nitrogens with zero attached hydrogens (tertiary/aromatic N) is 1. The molecule has 37 heavy (non-hydrogen) atoms. The topological polar surface area (TPSA) is 113 Å². The second kappa shape index (κ2) is 9.25. The second-order valence-corrected chi connectivity index (χ2v) is 10.1. The van der Waals surface area contributed by atoms with Crippen molar-refractivity contribution in [3.05, 3.63) is 110 Å². The highest BCUT2D eigenvalue weighted by molar-refractivity contribution is 7.10. The van der Waals surface area contributed by atoms with Crippen molar-refractivity contribution in [3.63, 3.8) is 0 Å². The van der Waals surface area contributed by atoms with Gasteiger partial charge < -0.3 is 15.2 Å². The zero-order valence-corrected chi connectivity index (χ0v) is 20.5. The maximum absolute atomic E-state index is 13.8. The second-order valence-electron chi connectivity index (χ2n) is 9.09. The average Bonchev–Trinajstić information content (AvgIpc) is 3.56. The monoisotopic (exact) mass is 513 g/mol. The predicted molar refractivity (Wildman–Crippen MR) is 140 cm³/mol. The number of carbonyl (C=O) groups excluding carboxylic acids is 1. The van der Waals surface area contributed by atoms with Gasteiger partial charge in [0.2, 0.25) is 0 Å². The van der Waals surface area contributed by atoms with Crippen LogP contribution in [0.4, 0.5) is 5.82 Å². The van der Waals surface area contributed by atoms with Gasteiger partial charge in [-0.1, -0.05) is 42.5 Å². The molecule has 6 rings (SSSR count). The van der Waals surface area contributed by atoms with E-state index >= 15 is 0 Å². The first-order chi connectivity index (χ1) is 18.0. The van der Waals surface area contributed by atoms with Gasteiger partial charge in [-0.25, -0.2) is 9.48 Å². The Morgan fingerprint density at radius 1 is 1.03 bits per heavy atom. The lowest BCUT2D eigenvalue weighted by Crippen LogP contribution is -2.32. The number of anilines is 1. The van der Waals surface area contributed by atoms with E-state index in [2.05, 4.69) is 10.4 Å². The summed E-state index contributed by atoms with van der Waals surface area (Å²) in [5.41, 5.74) is 2.66. The minimum Gasteiger partial charge on any atom is -0.482 e. The third-order valence-electron chi connectivity index (χ3n) is 6.83. The Labute approximate surface area is 215 Å². The number of Topliss-reactive ketones (excluding diaryl/α,β-unsaturated/α-hetero) is 1. The number of fused-ring (bicyclic) bond motifs is 1. The molecular weight excluding hydrogens is 490 g/mol. The average molecular weight is 514 g/mol. The molecule has 0 amide bonds. The molecule has 0 spiro atoms. The fourth-order valence-corrected chi connectivity index (χ4v) is 6.11. The molecule has 1 aliphatic carbocycles. The van der Waals surface area contributed by atoms with Gasteiger partial charge in [0.25, 0.3) is 5.56 Å². The van der Waals surface area contributed by atoms with Crippen LogP contribution in [0.15, 0.2) is 88.2 Å². The number of allylic oxidation sites excluding steroid dienone is 2. The number of benzene rings is 2. The number of nitrogens with one attached hydrogen (secondary N) is 2. The summed E-state index contributed by atoms with van der Waals surface area (Å²) in [5.74, 6) is -0.965. The van der Waals surface area contributed by atoms with E-state index in [0.717, 1.165) is 10.6 Å². The highest BCUT2D eigenvalue weighted by Gasteiger charge is 2.42. The van der Waals surface area contributed by atoms with Gasteiger partial charge in [0.15, 0.2) is 12.4 Å². The van der Waals surface area contributed by atoms with Crippen molar-refractivity contribution < 1.29 is 19.4 Å². The third kappa shape index (κ3) is 4.07. The molecule has 4 aromatic rings. The number of carbonyl (C=O) groups is 2. The molecule has 8 nitrogen and oxygen atoms in total. The quantitative estimate of drug-likeness (QED) is 0.346. The number of carboxylic acids is 1. The molecule has 9 heteroatoms. The number of aromatic amines is 1. The summed E-state index contributed by atoms with van der Waals surface area (Å²) >= 11 is 1.63. The molecule has 0 unspecified atom stereocenters. The fourth-order valence-electron chi connectivity index (χ4n) is 5.28. The van der Waals surface area contributed by atoms with Gasteiger partial charge in [0, 0.05) is 34.0 Å². The summed E-state index contributed by atoms with van der Waals surface area (Å²) in [7, 11) is 0. The van der Waals surface area contributed by atoms with Gasteiger partial charge in [-0.3, -0.25) is 14.7 Å². The largest absolute Gasteiger partial charge is 0.482 e. The van der Waals surface area contributed by atoms with Crippen molar-refractivity contribution in [2.75, 3.05) is 11.9 Å². The van der Waals surface area contributed by atoms with Crippen molar-refractivity contribution in [3.8, 4) is 11.4 Å². The number of thiophene rings is 1. The maximum Gasteiger partial charge on any atom is 0.341 e. The van der Waals surface area contributed by atoms with E-state index < -0.39 is 18.5 Å². The normalized spacial score (nSPS) is 18.6. The minimum atomic E-state index is -1.11. The Kier molecular flexibility index (Phi) is 5.77. The lowest BCUT2D eigenvalue weighted by atomic mass is 9.73. The maximum atomic E-state index is 13.8. The lowest BCUT2D eigenvalue weighted by molar-refractivity contribution is -0.139. The number of rotatable bonds is 6. The summed E-state index contributed by atoms with van der Waals surface area (Å²) < 4.78 is 7.09. The van der Waals surface area contributed by atoms with Crippen LogP contribution in [-0.2, 0) is 9.59 Å². The summed E-state index contributed by atoms with van der Waals surface area (Å²) in [4.78, 5) is 40.0. The van der Waals surface area contributed by atoms with Crippen molar-refractivity contribution in [1.82, 2.24) is 9.78 Å². The number of para-hydroxylation sites is 2. The van der Waals surface area contributed by atoms with Crippen LogP contribution >= 0.6 is 11.3 Å². The van der Waals surface area contributed by atoms with E-state index in [1.165, 1.54) is 4.68 Å². The van der Waals surface area contributed by atoms with Crippen LogP contribution in [-0.4, -0.2) is 33.2 Å². The predicted octanol–water partition coefficient (Wildman–Crippen LogP) is 4.65. The Morgan fingerprint density at radius 3 is 2.57 bits per heavy atom. The Bertz CT molecular complexity index is 1580. The lowest BCUT2D eigenvalue weighted by Gasteiger charge is -2.34. The summed E-state index contributed by atoms with van der Waals surface area (Å²) in [6, 6.07) is 20.3. The van der Waals surface area contributed by atoms with Crippen LogP contribution in [0.5, 0.6) is 5.75 Å². The molecule has 0 saturated heterocycles. The van der Waals surface area contributed by atoms with Crippen molar-refractivity contribution in [2.45, 2.75) is 24.7 Å². The Morgan fingerprint density at radius 2 is 1.81 bits per heavy atom. The number of ether oxygens (including phenoxy) is 1. The van der Waals surface area contributed by atoms with Crippen molar-refractivity contribution >= 4 is 28.9 Å². The van der Waals surface area contributed by atoms with Crippen LogP contribution in [0.1, 0.15) is 40.7 Å². The molecule has 1 aliphatic heterocycles. The molecule has 2 aromatic carbocycles. The van der Waals surface area contributed by atoms with Crippen molar-refractivity contribution in [2.24, 2.45) is 0 Å². The molecule has 0 bridgehead atoms. The highest BCUT2D eigenvalue weighted by atomic mass is 32.1. The number of hydrogen-bond acceptors (Lipinski definition) is 6. The van der Waals surface area contributed by atoms with E-state index in [4.69, 9.17) is 4.74 Å². The van der Waals surface area contributed by atoms with Crippen LogP contribution in [0, 0.1) is 0 Å². The molecule has 0 fully saturated rings.